The molecule has 2 fully saturated rings. The molecule has 8 nitrogen and oxygen atoms in total. The van der Waals surface area contributed by atoms with E-state index in [1.165, 1.54) is 0 Å². The van der Waals surface area contributed by atoms with Crippen molar-refractivity contribution in [3.8, 4) is 17.0 Å². The predicted octanol–water partition coefficient (Wildman–Crippen LogP) is 5.30. The molecule has 5 rings (SSSR count). The van der Waals surface area contributed by atoms with Crippen LogP contribution in [0.5, 0.6) is 5.75 Å². The Morgan fingerprint density at radius 2 is 1.85 bits per heavy atom. The van der Waals surface area contributed by atoms with Crippen molar-refractivity contribution in [1.29, 1.82) is 0 Å². The molecule has 39 heavy (non-hydrogen) atoms. The van der Waals surface area contributed by atoms with Crippen LogP contribution < -0.4 is 15.4 Å². The number of aryl methyl sites for hydroxylation is 1. The van der Waals surface area contributed by atoms with E-state index in [0.717, 1.165) is 85.1 Å². The van der Waals surface area contributed by atoms with Gasteiger partial charge in [-0.25, -0.2) is 4.98 Å². The van der Waals surface area contributed by atoms with Crippen LogP contribution in [0, 0.1) is 12.8 Å². The van der Waals surface area contributed by atoms with Gasteiger partial charge in [0.15, 0.2) is 5.13 Å². The fourth-order valence-electron chi connectivity index (χ4n) is 5.19. The molecule has 1 aromatic heterocycles. The van der Waals surface area contributed by atoms with E-state index in [9.17, 15) is 9.59 Å². The molecule has 0 saturated carbocycles. The minimum Gasteiger partial charge on any atom is -0.488 e. The van der Waals surface area contributed by atoms with E-state index in [-0.39, 0.29) is 17.8 Å². The summed E-state index contributed by atoms with van der Waals surface area (Å²) >= 11 is 1.60. The van der Waals surface area contributed by atoms with E-state index < -0.39 is 0 Å². The first-order chi connectivity index (χ1) is 18.9. The Hall–Kier alpha value is -3.59. The summed E-state index contributed by atoms with van der Waals surface area (Å²) in [7, 11) is 0. The molecule has 0 radical (unpaired) electrons. The minimum atomic E-state index is -0.0907. The number of carbonyl (C=O) groups is 2. The van der Waals surface area contributed by atoms with Crippen molar-refractivity contribution in [3.63, 3.8) is 0 Å². The number of piperidine rings is 1. The quantitative estimate of drug-likeness (QED) is 0.301. The molecule has 206 valence electrons. The molecule has 2 saturated heterocycles. The number of rotatable bonds is 8. The maximum Gasteiger partial charge on any atom is 0.309 e. The summed E-state index contributed by atoms with van der Waals surface area (Å²) in [5.74, 6) is 0.649. The van der Waals surface area contributed by atoms with Crippen molar-refractivity contribution >= 4 is 34.0 Å². The summed E-state index contributed by atoms with van der Waals surface area (Å²) in [6, 6.07) is 11.6. The van der Waals surface area contributed by atoms with E-state index in [4.69, 9.17) is 20.2 Å². The number of ether oxygens (including phenoxy) is 2. The molecule has 2 N–H and O–H groups in total. The lowest BCUT2D eigenvalue weighted by Gasteiger charge is -2.30. The molecule has 3 aromatic rings. The maximum atomic E-state index is 12.7. The minimum absolute atomic E-state index is 0.0303. The lowest BCUT2D eigenvalue weighted by Crippen LogP contribution is -2.36. The molecule has 0 atom stereocenters. The zero-order valence-electron chi connectivity index (χ0n) is 22.7. The van der Waals surface area contributed by atoms with Crippen molar-refractivity contribution in [2.45, 2.75) is 46.1 Å². The number of thiazole rings is 1. The highest BCUT2D eigenvalue weighted by Crippen LogP contribution is 2.36. The third kappa shape index (κ3) is 6.19. The Balaban J connectivity index is 1.26. The summed E-state index contributed by atoms with van der Waals surface area (Å²) in [6.45, 7) is 7.79. The largest absolute Gasteiger partial charge is 0.488 e. The molecule has 9 heteroatoms. The zero-order valence-corrected chi connectivity index (χ0v) is 23.5. The van der Waals surface area contributed by atoms with Crippen molar-refractivity contribution in [1.82, 2.24) is 9.88 Å². The van der Waals surface area contributed by atoms with E-state index >= 15 is 0 Å². The number of likely N-dealkylation sites (tertiary alicyclic amines) is 1. The Bertz CT molecular complexity index is 1330. The first-order valence-corrected chi connectivity index (χ1v) is 14.6. The Morgan fingerprint density at radius 1 is 1.08 bits per heavy atom. The van der Waals surface area contributed by atoms with Gasteiger partial charge in [-0.3, -0.25) is 9.59 Å². The van der Waals surface area contributed by atoms with E-state index in [1.54, 1.807) is 17.4 Å². The van der Waals surface area contributed by atoms with Crippen LogP contribution in [0.3, 0.4) is 0 Å². The molecule has 0 unspecified atom stereocenters. The summed E-state index contributed by atoms with van der Waals surface area (Å²) in [6.07, 6.45) is 3.66. The number of esters is 1. The third-order valence-corrected chi connectivity index (χ3v) is 8.36. The smallest absolute Gasteiger partial charge is 0.309 e. The number of benzene rings is 2. The van der Waals surface area contributed by atoms with Crippen LogP contribution in [0.1, 0.15) is 54.1 Å². The number of nitrogens with two attached hydrogens (primary N) is 1. The van der Waals surface area contributed by atoms with Gasteiger partial charge in [-0.15, -0.1) is 11.3 Å². The molecular formula is C30H36N4O4S. The van der Waals surface area contributed by atoms with Gasteiger partial charge < -0.3 is 25.0 Å². The Labute approximate surface area is 233 Å². The van der Waals surface area contributed by atoms with Crippen LogP contribution in [0.4, 0.5) is 10.8 Å². The molecule has 2 aliphatic heterocycles. The number of hydrogen-bond acceptors (Lipinski definition) is 8. The fourth-order valence-corrected chi connectivity index (χ4v) is 6.07. The highest BCUT2D eigenvalue weighted by molar-refractivity contribution is 7.14. The lowest BCUT2D eigenvalue weighted by molar-refractivity contribution is -0.148. The molecule has 2 aromatic carbocycles. The molecule has 2 aliphatic rings. The number of aromatic nitrogens is 1. The predicted molar refractivity (Wildman–Crippen MR) is 154 cm³/mol. The Kier molecular flexibility index (Phi) is 8.35. The first kappa shape index (κ1) is 27.0. The van der Waals surface area contributed by atoms with Crippen LogP contribution in [0.2, 0.25) is 0 Å². The van der Waals surface area contributed by atoms with Gasteiger partial charge >= 0.3 is 5.97 Å². The van der Waals surface area contributed by atoms with Gasteiger partial charge in [0, 0.05) is 53.9 Å². The van der Waals surface area contributed by atoms with Gasteiger partial charge in [0.25, 0.3) is 5.91 Å². The standard InChI is InChI=1S/C30H36N4O4S/c1-3-37-29(36)21-10-14-34(15-11-21)30-32-26(19-39-30)24-16-20(2)6-9-27(24)38-18-23-8-7-22(17-25(23)31)28(35)33-12-4-5-13-33/h6-9,16-17,19,21H,3-5,10-15,18,31H2,1-2H3. The van der Waals surface area contributed by atoms with Gasteiger partial charge in [-0.1, -0.05) is 17.7 Å². The van der Waals surface area contributed by atoms with E-state index in [0.29, 0.717) is 24.5 Å². The van der Waals surface area contributed by atoms with Crippen molar-refractivity contribution in [3.05, 3.63) is 58.5 Å². The molecule has 0 bridgehead atoms. The molecule has 0 aliphatic carbocycles. The van der Waals surface area contributed by atoms with Crippen LogP contribution >= 0.6 is 11.3 Å². The summed E-state index contributed by atoms with van der Waals surface area (Å²) in [4.78, 5) is 33.9. The summed E-state index contributed by atoms with van der Waals surface area (Å²) in [5.41, 5.74) is 11.2. The summed E-state index contributed by atoms with van der Waals surface area (Å²) < 4.78 is 11.5. The zero-order chi connectivity index (χ0) is 27.4. The monoisotopic (exact) mass is 548 g/mol. The second-order valence-corrected chi connectivity index (χ2v) is 11.1. The van der Waals surface area contributed by atoms with E-state index in [2.05, 4.69) is 23.3 Å². The second-order valence-electron chi connectivity index (χ2n) is 10.2. The number of carbonyl (C=O) groups excluding carboxylic acids is 2. The molecule has 3 heterocycles. The normalized spacial score (nSPS) is 15.9. The van der Waals surface area contributed by atoms with Crippen molar-refractivity contribution in [2.24, 2.45) is 5.92 Å². The van der Waals surface area contributed by atoms with Crippen LogP contribution in [0.15, 0.2) is 41.8 Å². The summed E-state index contributed by atoms with van der Waals surface area (Å²) in [5, 5.41) is 3.00. The fraction of sp³-hybridized carbons (Fsp3) is 0.433. The lowest BCUT2D eigenvalue weighted by atomic mass is 9.97. The highest BCUT2D eigenvalue weighted by atomic mass is 32.1. The van der Waals surface area contributed by atoms with Crippen LogP contribution in [-0.2, 0) is 16.1 Å². The van der Waals surface area contributed by atoms with Crippen LogP contribution in [0.25, 0.3) is 11.3 Å². The maximum absolute atomic E-state index is 12.7. The van der Waals surface area contributed by atoms with Crippen molar-refractivity contribution in [2.75, 3.05) is 43.4 Å². The topological polar surface area (TPSA) is 98.0 Å². The average molecular weight is 549 g/mol. The van der Waals surface area contributed by atoms with Gasteiger partial charge in [0.2, 0.25) is 0 Å². The highest BCUT2D eigenvalue weighted by Gasteiger charge is 2.27. The number of nitrogens with zero attached hydrogens (tertiary/aromatic N) is 3. The first-order valence-electron chi connectivity index (χ1n) is 13.7. The second kappa shape index (κ2) is 12.1. The number of anilines is 2. The van der Waals surface area contributed by atoms with Gasteiger partial charge in [-0.05, 0) is 63.8 Å². The van der Waals surface area contributed by atoms with Crippen LogP contribution in [-0.4, -0.2) is 54.5 Å². The molecule has 1 amide bonds. The number of amides is 1. The van der Waals surface area contributed by atoms with Crippen molar-refractivity contribution < 1.29 is 19.1 Å². The van der Waals surface area contributed by atoms with Gasteiger partial charge in [0.05, 0.1) is 18.2 Å². The Morgan fingerprint density at radius 3 is 2.56 bits per heavy atom. The molecular weight excluding hydrogens is 512 g/mol. The average Bonchev–Trinajstić information content (AvgIpc) is 3.66. The number of nitrogen functional groups attached to an aromatic ring is 1. The SMILES string of the molecule is CCOC(=O)C1CCN(c2nc(-c3cc(C)ccc3OCc3ccc(C(=O)N4CCCC4)cc3N)cs2)CC1. The van der Waals surface area contributed by atoms with Gasteiger partial charge in [-0.2, -0.15) is 0 Å². The third-order valence-electron chi connectivity index (χ3n) is 7.46. The van der Waals surface area contributed by atoms with E-state index in [1.807, 2.05) is 36.1 Å². The molecule has 0 spiro atoms. The van der Waals surface area contributed by atoms with Gasteiger partial charge in [0.1, 0.15) is 12.4 Å². The number of hydrogen-bond donors (Lipinski definition) is 1.